The van der Waals surface area contributed by atoms with Gasteiger partial charge in [0.2, 0.25) is 0 Å². The Labute approximate surface area is 164 Å². The highest BCUT2D eigenvalue weighted by Gasteiger charge is 2.35. The molecule has 0 aliphatic heterocycles. The number of alkyl halides is 3. The molecule has 0 aliphatic carbocycles. The van der Waals surface area contributed by atoms with Crippen molar-refractivity contribution < 1.29 is 37.0 Å². The Morgan fingerprint density at radius 1 is 0.966 bits per heavy atom. The van der Waals surface area contributed by atoms with Crippen molar-refractivity contribution in [1.29, 1.82) is 0 Å². The molecular formula is C20H18F3NO5. The van der Waals surface area contributed by atoms with E-state index in [1.807, 2.05) is 0 Å². The van der Waals surface area contributed by atoms with Gasteiger partial charge in [-0.15, -0.1) is 0 Å². The Bertz CT molecular complexity index is 892. The number of rotatable bonds is 6. The molecule has 0 unspecified atom stereocenters. The molecule has 2 aromatic carbocycles. The predicted molar refractivity (Wildman–Crippen MR) is 97.3 cm³/mol. The van der Waals surface area contributed by atoms with Gasteiger partial charge in [0, 0.05) is 5.69 Å². The fourth-order valence-electron chi connectivity index (χ4n) is 2.29. The Kier molecular flexibility index (Phi) is 6.98. The molecule has 0 radical (unpaired) electrons. The number of ether oxygens (including phenoxy) is 2. The molecule has 0 bridgehead atoms. The number of halogens is 3. The van der Waals surface area contributed by atoms with Crippen molar-refractivity contribution >= 4 is 23.5 Å². The molecule has 0 aromatic heterocycles. The van der Waals surface area contributed by atoms with Gasteiger partial charge in [0.1, 0.15) is 0 Å². The standard InChI is InChI=1S/C20H18F3NO5/c1-12(2)29-18(26)13-7-9-14(10-8-13)24-17(25)11-28-19(27)15-5-3-4-6-16(15)20(21,22)23/h3-10,12H,11H2,1-2H3,(H,24,25). The van der Waals surface area contributed by atoms with Crippen LogP contribution in [0.25, 0.3) is 0 Å². The van der Waals surface area contributed by atoms with Crippen LogP contribution in [0.5, 0.6) is 0 Å². The molecule has 1 N–H and O–H groups in total. The first-order valence-corrected chi connectivity index (χ1v) is 8.52. The molecule has 6 nitrogen and oxygen atoms in total. The molecule has 9 heteroatoms. The highest BCUT2D eigenvalue weighted by Crippen LogP contribution is 2.32. The lowest BCUT2D eigenvalue weighted by atomic mass is 10.1. The molecule has 0 spiro atoms. The van der Waals surface area contributed by atoms with Gasteiger partial charge in [0.25, 0.3) is 5.91 Å². The van der Waals surface area contributed by atoms with Crippen LogP contribution in [-0.2, 0) is 20.4 Å². The molecule has 154 valence electrons. The quantitative estimate of drug-likeness (QED) is 0.728. The number of amides is 1. The number of benzene rings is 2. The van der Waals surface area contributed by atoms with Gasteiger partial charge >= 0.3 is 18.1 Å². The van der Waals surface area contributed by atoms with Crippen LogP contribution in [0.1, 0.15) is 40.1 Å². The molecule has 0 saturated carbocycles. The molecule has 0 heterocycles. The van der Waals surface area contributed by atoms with Crippen molar-refractivity contribution in [3.63, 3.8) is 0 Å². The minimum Gasteiger partial charge on any atom is -0.459 e. The predicted octanol–water partition coefficient (Wildman–Crippen LogP) is 4.07. The van der Waals surface area contributed by atoms with E-state index < -0.39 is 41.8 Å². The van der Waals surface area contributed by atoms with Crippen molar-refractivity contribution in [2.24, 2.45) is 0 Å². The van der Waals surface area contributed by atoms with E-state index in [1.54, 1.807) is 13.8 Å². The van der Waals surface area contributed by atoms with Crippen LogP contribution < -0.4 is 5.32 Å². The zero-order valence-electron chi connectivity index (χ0n) is 15.6. The number of carbonyl (C=O) groups excluding carboxylic acids is 3. The van der Waals surface area contributed by atoms with Crippen LogP contribution in [0.2, 0.25) is 0 Å². The van der Waals surface area contributed by atoms with Crippen LogP contribution in [0.15, 0.2) is 48.5 Å². The third-order valence-corrected chi connectivity index (χ3v) is 3.53. The lowest BCUT2D eigenvalue weighted by Gasteiger charge is -2.12. The number of nitrogens with one attached hydrogen (secondary N) is 1. The van der Waals surface area contributed by atoms with Crippen LogP contribution in [0.3, 0.4) is 0 Å². The van der Waals surface area contributed by atoms with Crippen molar-refractivity contribution in [2.75, 3.05) is 11.9 Å². The smallest absolute Gasteiger partial charge is 0.417 e. The SMILES string of the molecule is CC(C)OC(=O)c1ccc(NC(=O)COC(=O)c2ccccc2C(F)(F)F)cc1. The van der Waals surface area contributed by atoms with Gasteiger partial charge in [-0.2, -0.15) is 13.2 Å². The average Bonchev–Trinajstić information content (AvgIpc) is 2.65. The zero-order valence-corrected chi connectivity index (χ0v) is 15.6. The molecular weight excluding hydrogens is 391 g/mol. The van der Waals surface area contributed by atoms with Crippen molar-refractivity contribution in [2.45, 2.75) is 26.1 Å². The van der Waals surface area contributed by atoms with Crippen LogP contribution >= 0.6 is 0 Å². The van der Waals surface area contributed by atoms with Crippen LogP contribution in [0.4, 0.5) is 18.9 Å². The lowest BCUT2D eigenvalue weighted by molar-refractivity contribution is -0.138. The highest BCUT2D eigenvalue weighted by atomic mass is 19.4. The molecule has 0 saturated heterocycles. The summed E-state index contributed by atoms with van der Waals surface area (Å²) in [6.07, 6.45) is -5.00. The third kappa shape index (κ3) is 6.34. The maximum atomic E-state index is 12.9. The minimum atomic E-state index is -4.73. The Morgan fingerprint density at radius 2 is 1.59 bits per heavy atom. The second kappa shape index (κ2) is 9.22. The summed E-state index contributed by atoms with van der Waals surface area (Å²) in [5, 5.41) is 2.41. The van der Waals surface area contributed by atoms with E-state index in [0.717, 1.165) is 18.2 Å². The Morgan fingerprint density at radius 3 is 2.17 bits per heavy atom. The summed E-state index contributed by atoms with van der Waals surface area (Å²) in [7, 11) is 0. The van der Waals surface area contributed by atoms with Gasteiger partial charge in [0.15, 0.2) is 6.61 Å². The van der Waals surface area contributed by atoms with Crippen molar-refractivity contribution in [3.8, 4) is 0 Å². The van der Waals surface area contributed by atoms with E-state index in [9.17, 15) is 27.6 Å². The van der Waals surface area contributed by atoms with Gasteiger partial charge in [-0.05, 0) is 50.2 Å². The van der Waals surface area contributed by atoms with E-state index in [4.69, 9.17) is 4.74 Å². The van der Waals surface area contributed by atoms with Gasteiger partial charge in [-0.1, -0.05) is 12.1 Å². The van der Waals surface area contributed by atoms with Crippen molar-refractivity contribution in [1.82, 2.24) is 0 Å². The average molecular weight is 409 g/mol. The Balaban J connectivity index is 1.94. The van der Waals surface area contributed by atoms with Gasteiger partial charge in [0.05, 0.1) is 22.8 Å². The van der Waals surface area contributed by atoms with E-state index in [0.29, 0.717) is 5.69 Å². The second-order valence-corrected chi connectivity index (χ2v) is 6.20. The molecule has 29 heavy (non-hydrogen) atoms. The largest absolute Gasteiger partial charge is 0.459 e. The number of hydrogen-bond acceptors (Lipinski definition) is 5. The number of carbonyl (C=O) groups is 3. The normalized spacial score (nSPS) is 11.1. The van der Waals surface area contributed by atoms with Crippen LogP contribution in [-0.4, -0.2) is 30.6 Å². The molecule has 0 fully saturated rings. The maximum Gasteiger partial charge on any atom is 0.417 e. The summed E-state index contributed by atoms with van der Waals surface area (Å²) in [4.78, 5) is 35.6. The first-order valence-electron chi connectivity index (χ1n) is 8.52. The number of anilines is 1. The molecule has 2 aromatic rings. The molecule has 2 rings (SSSR count). The summed E-state index contributed by atoms with van der Waals surface area (Å²) >= 11 is 0. The topological polar surface area (TPSA) is 81.7 Å². The van der Waals surface area contributed by atoms with Crippen molar-refractivity contribution in [3.05, 3.63) is 65.2 Å². The van der Waals surface area contributed by atoms with Gasteiger partial charge < -0.3 is 14.8 Å². The lowest BCUT2D eigenvalue weighted by Crippen LogP contribution is -2.22. The fraction of sp³-hybridized carbons (Fsp3) is 0.250. The maximum absolute atomic E-state index is 12.9. The van der Waals surface area contributed by atoms with Gasteiger partial charge in [-0.25, -0.2) is 9.59 Å². The second-order valence-electron chi connectivity index (χ2n) is 6.20. The minimum absolute atomic E-state index is 0.279. The number of esters is 2. The van der Waals surface area contributed by atoms with E-state index in [1.165, 1.54) is 30.3 Å². The van der Waals surface area contributed by atoms with Gasteiger partial charge in [-0.3, -0.25) is 4.79 Å². The summed E-state index contributed by atoms with van der Waals surface area (Å²) < 4.78 is 48.5. The monoisotopic (exact) mass is 409 g/mol. The summed E-state index contributed by atoms with van der Waals surface area (Å²) in [5.74, 6) is -2.53. The molecule has 0 aliphatic rings. The van der Waals surface area contributed by atoms with E-state index in [2.05, 4.69) is 10.1 Å². The first kappa shape index (κ1) is 21.9. The summed E-state index contributed by atoms with van der Waals surface area (Å²) in [6, 6.07) is 9.88. The fourth-order valence-corrected chi connectivity index (χ4v) is 2.29. The zero-order chi connectivity index (χ0) is 21.6. The van der Waals surface area contributed by atoms with Crippen LogP contribution in [0, 0.1) is 0 Å². The third-order valence-electron chi connectivity index (χ3n) is 3.53. The molecule has 0 atom stereocenters. The first-order chi connectivity index (χ1) is 13.6. The molecule has 1 amide bonds. The highest BCUT2D eigenvalue weighted by molar-refractivity contribution is 5.96. The number of hydrogen-bond donors (Lipinski definition) is 1. The Hall–Kier alpha value is -3.36. The summed E-state index contributed by atoms with van der Waals surface area (Å²) in [6.45, 7) is 2.64. The van der Waals surface area contributed by atoms with E-state index >= 15 is 0 Å². The summed E-state index contributed by atoms with van der Waals surface area (Å²) in [5.41, 5.74) is -1.23. The van der Waals surface area contributed by atoms with E-state index in [-0.39, 0.29) is 11.7 Å².